The van der Waals surface area contributed by atoms with E-state index in [4.69, 9.17) is 24.4 Å². The Labute approximate surface area is 142 Å². The van der Waals surface area contributed by atoms with Crippen molar-refractivity contribution in [3.05, 3.63) is 0 Å². The molecule has 4 heterocycles. The SMILES string of the molecule is C[C@H]1[C@H](SCCO)O[C@@H]2O[C@@]3(C)CC[C@H]4[C@H](C)CC[C@@H]1[C@@]24OO3. The van der Waals surface area contributed by atoms with Crippen LogP contribution < -0.4 is 0 Å². The molecule has 0 aromatic rings. The third-order valence-corrected chi connectivity index (χ3v) is 7.76. The summed E-state index contributed by atoms with van der Waals surface area (Å²) in [6.45, 7) is 6.71. The van der Waals surface area contributed by atoms with Gasteiger partial charge in [0.05, 0.1) is 6.61 Å². The summed E-state index contributed by atoms with van der Waals surface area (Å²) >= 11 is 1.69. The van der Waals surface area contributed by atoms with Crippen LogP contribution in [-0.4, -0.2) is 40.6 Å². The molecule has 5 rings (SSSR count). The molecule has 5 aliphatic rings. The number of hydrogen-bond donors (Lipinski definition) is 1. The van der Waals surface area contributed by atoms with E-state index in [0.29, 0.717) is 29.4 Å². The summed E-state index contributed by atoms with van der Waals surface area (Å²) in [5.74, 6) is 1.73. The van der Waals surface area contributed by atoms with Crippen molar-refractivity contribution in [3.8, 4) is 0 Å². The minimum Gasteiger partial charge on any atom is -0.396 e. The zero-order chi connectivity index (χ0) is 16.2. The number of aliphatic hydroxyl groups is 1. The maximum Gasteiger partial charge on any atom is 0.201 e. The fourth-order valence-corrected chi connectivity index (χ4v) is 6.24. The van der Waals surface area contributed by atoms with Crippen LogP contribution in [0.25, 0.3) is 0 Å². The standard InChI is InChI=1S/C17H28O5S/c1-10-4-5-13-11(2)14(23-9-8-18)19-15-17(13)12(10)6-7-16(3,20-15)21-22-17/h10-15,18H,4-9H2,1-3H3/t10-,11-,12+,13+,14+,15-,16-,17-/m1/s1. The molecule has 0 aromatic heterocycles. The first-order valence-corrected chi connectivity index (χ1v) is 9.97. The molecule has 1 N–H and O–H groups in total. The van der Waals surface area contributed by atoms with Gasteiger partial charge in [0.15, 0.2) is 11.9 Å². The summed E-state index contributed by atoms with van der Waals surface area (Å²) in [7, 11) is 0. The number of hydrogen-bond acceptors (Lipinski definition) is 6. The molecule has 0 radical (unpaired) electrons. The zero-order valence-corrected chi connectivity index (χ0v) is 15.0. The summed E-state index contributed by atoms with van der Waals surface area (Å²) in [5.41, 5.74) is -0.424. The quantitative estimate of drug-likeness (QED) is 0.795. The first-order chi connectivity index (χ1) is 11.0. The molecular weight excluding hydrogens is 316 g/mol. The average molecular weight is 344 g/mol. The summed E-state index contributed by atoms with van der Waals surface area (Å²) < 4.78 is 12.7. The third kappa shape index (κ3) is 2.41. The van der Waals surface area contributed by atoms with Gasteiger partial charge in [-0.05, 0) is 43.9 Å². The molecule has 1 spiro atoms. The minimum atomic E-state index is -0.704. The van der Waals surface area contributed by atoms with Crippen molar-refractivity contribution < 1.29 is 24.4 Å². The van der Waals surface area contributed by atoms with Crippen molar-refractivity contribution in [2.75, 3.05) is 12.4 Å². The molecule has 5 fully saturated rings. The van der Waals surface area contributed by atoms with Crippen LogP contribution in [0.3, 0.4) is 0 Å². The van der Waals surface area contributed by atoms with Gasteiger partial charge in [0.25, 0.3) is 0 Å². The lowest BCUT2D eigenvalue weighted by Crippen LogP contribution is -2.70. The second-order valence-electron chi connectivity index (χ2n) is 7.87. The number of thioether (sulfide) groups is 1. The molecule has 2 bridgehead atoms. The van der Waals surface area contributed by atoms with Crippen molar-refractivity contribution in [2.45, 2.75) is 69.6 Å². The molecule has 132 valence electrons. The van der Waals surface area contributed by atoms with Crippen LogP contribution in [0.1, 0.15) is 46.5 Å². The van der Waals surface area contributed by atoms with Crippen LogP contribution in [0.15, 0.2) is 0 Å². The Hall–Kier alpha value is 0.150. The maximum absolute atomic E-state index is 9.16. The lowest BCUT2D eigenvalue weighted by atomic mass is 9.58. The predicted molar refractivity (Wildman–Crippen MR) is 86.4 cm³/mol. The highest BCUT2D eigenvalue weighted by molar-refractivity contribution is 7.99. The van der Waals surface area contributed by atoms with Gasteiger partial charge in [-0.2, -0.15) is 0 Å². The van der Waals surface area contributed by atoms with Gasteiger partial charge >= 0.3 is 0 Å². The molecule has 1 aliphatic carbocycles. The number of fused-ring (bicyclic) bond motifs is 2. The van der Waals surface area contributed by atoms with Gasteiger partial charge in [-0.25, -0.2) is 9.78 Å². The normalized spacial score (nSPS) is 55.3. The summed E-state index contributed by atoms with van der Waals surface area (Å²) in [5, 5.41) is 9.16. The summed E-state index contributed by atoms with van der Waals surface area (Å²) in [4.78, 5) is 11.9. The van der Waals surface area contributed by atoms with Gasteiger partial charge in [-0.1, -0.05) is 13.8 Å². The Bertz CT molecular complexity index is 462. The van der Waals surface area contributed by atoms with E-state index in [0.717, 1.165) is 19.3 Å². The topological polar surface area (TPSA) is 57.2 Å². The fraction of sp³-hybridized carbons (Fsp3) is 1.00. The molecule has 1 saturated carbocycles. The average Bonchev–Trinajstić information content (AvgIpc) is 2.76. The van der Waals surface area contributed by atoms with Crippen molar-refractivity contribution >= 4 is 11.8 Å². The largest absolute Gasteiger partial charge is 0.396 e. The van der Waals surface area contributed by atoms with E-state index < -0.39 is 11.4 Å². The minimum absolute atomic E-state index is 0.0448. The number of aliphatic hydroxyl groups excluding tert-OH is 1. The maximum atomic E-state index is 9.16. The Balaban J connectivity index is 1.70. The fourth-order valence-electron chi connectivity index (χ4n) is 5.23. The number of rotatable bonds is 3. The van der Waals surface area contributed by atoms with Gasteiger partial charge < -0.3 is 14.6 Å². The van der Waals surface area contributed by atoms with Crippen LogP contribution in [0, 0.1) is 23.7 Å². The van der Waals surface area contributed by atoms with Crippen molar-refractivity contribution in [1.82, 2.24) is 0 Å². The lowest BCUT2D eigenvalue weighted by molar-refractivity contribution is -0.568. The first-order valence-electron chi connectivity index (χ1n) is 8.93. The lowest BCUT2D eigenvalue weighted by Gasteiger charge is -2.60. The van der Waals surface area contributed by atoms with Crippen LogP contribution in [-0.2, 0) is 19.2 Å². The molecule has 6 heteroatoms. The van der Waals surface area contributed by atoms with Crippen LogP contribution in [0.4, 0.5) is 0 Å². The van der Waals surface area contributed by atoms with Crippen molar-refractivity contribution in [3.63, 3.8) is 0 Å². The second kappa shape index (κ2) is 5.85. The Morgan fingerprint density at radius 3 is 2.74 bits per heavy atom. The Kier molecular flexibility index (Phi) is 4.23. The predicted octanol–water partition coefficient (Wildman–Crippen LogP) is 2.92. The van der Waals surface area contributed by atoms with Gasteiger partial charge in [-0.3, -0.25) is 0 Å². The van der Waals surface area contributed by atoms with E-state index in [1.165, 1.54) is 6.42 Å². The molecular formula is C17H28O5S. The smallest absolute Gasteiger partial charge is 0.201 e. The Morgan fingerprint density at radius 2 is 1.96 bits per heavy atom. The molecule has 8 atom stereocenters. The second-order valence-corrected chi connectivity index (χ2v) is 9.07. The Morgan fingerprint density at radius 1 is 1.13 bits per heavy atom. The molecule has 5 nitrogen and oxygen atoms in total. The van der Waals surface area contributed by atoms with Gasteiger partial charge in [0.1, 0.15) is 5.44 Å². The van der Waals surface area contributed by atoms with E-state index in [9.17, 15) is 0 Å². The highest BCUT2D eigenvalue weighted by atomic mass is 32.2. The molecule has 4 saturated heterocycles. The van der Waals surface area contributed by atoms with Crippen LogP contribution >= 0.6 is 11.8 Å². The molecule has 0 aromatic carbocycles. The monoisotopic (exact) mass is 344 g/mol. The van der Waals surface area contributed by atoms with E-state index in [-0.39, 0.29) is 18.3 Å². The first kappa shape index (κ1) is 16.6. The molecule has 4 aliphatic heterocycles. The van der Waals surface area contributed by atoms with E-state index >= 15 is 0 Å². The van der Waals surface area contributed by atoms with Crippen molar-refractivity contribution in [1.29, 1.82) is 0 Å². The van der Waals surface area contributed by atoms with Gasteiger partial charge in [0.2, 0.25) is 5.79 Å². The van der Waals surface area contributed by atoms with Crippen LogP contribution in [0.2, 0.25) is 0 Å². The summed E-state index contributed by atoms with van der Waals surface area (Å²) in [6.07, 6.45) is 3.90. The molecule has 0 amide bonds. The van der Waals surface area contributed by atoms with Crippen LogP contribution in [0.5, 0.6) is 0 Å². The zero-order valence-electron chi connectivity index (χ0n) is 14.2. The molecule has 23 heavy (non-hydrogen) atoms. The third-order valence-electron chi connectivity index (χ3n) is 6.47. The summed E-state index contributed by atoms with van der Waals surface area (Å²) in [6, 6.07) is 0. The highest BCUT2D eigenvalue weighted by Gasteiger charge is 2.69. The van der Waals surface area contributed by atoms with Gasteiger partial charge in [-0.15, -0.1) is 11.8 Å². The van der Waals surface area contributed by atoms with E-state index in [1.54, 1.807) is 11.8 Å². The molecule has 0 unspecified atom stereocenters. The highest BCUT2D eigenvalue weighted by Crippen LogP contribution is 2.61. The van der Waals surface area contributed by atoms with Crippen molar-refractivity contribution in [2.24, 2.45) is 23.7 Å². The van der Waals surface area contributed by atoms with E-state index in [2.05, 4.69) is 13.8 Å². The van der Waals surface area contributed by atoms with Gasteiger partial charge in [0, 0.05) is 18.1 Å². The van der Waals surface area contributed by atoms with E-state index in [1.807, 2.05) is 6.92 Å². The number of ether oxygens (including phenoxy) is 2.